The maximum Gasteiger partial charge on any atom is 0.251 e. The molecule has 0 aromatic heterocycles. The van der Waals surface area contributed by atoms with E-state index in [9.17, 15) is 4.79 Å². The van der Waals surface area contributed by atoms with Gasteiger partial charge in [-0.3, -0.25) is 4.79 Å². The highest BCUT2D eigenvalue weighted by molar-refractivity contribution is 5.96. The van der Waals surface area contributed by atoms with Gasteiger partial charge in [-0.15, -0.1) is 0 Å². The van der Waals surface area contributed by atoms with E-state index in [0.717, 1.165) is 44.3 Å². The van der Waals surface area contributed by atoms with E-state index in [2.05, 4.69) is 42.7 Å². The van der Waals surface area contributed by atoms with Crippen LogP contribution in [-0.4, -0.2) is 19.0 Å². The molecule has 1 aliphatic heterocycles. The van der Waals surface area contributed by atoms with E-state index < -0.39 is 0 Å². The predicted octanol–water partition coefficient (Wildman–Crippen LogP) is 2.81. The average Bonchev–Trinajstić information content (AvgIpc) is 2.60. The lowest BCUT2D eigenvalue weighted by atomic mass is 9.95. The maximum absolute atomic E-state index is 12.1. The number of carbonyl (C=O) groups excluding carboxylic acids is 1. The fourth-order valence-electron chi connectivity index (χ4n) is 2.74. The third-order valence-electron chi connectivity index (χ3n) is 3.72. The lowest BCUT2D eigenvalue weighted by Gasteiger charge is -2.19. The molecule has 1 aliphatic rings. The van der Waals surface area contributed by atoms with Crippen molar-refractivity contribution in [1.82, 2.24) is 10.6 Å². The Morgan fingerprint density at radius 3 is 2.95 bits per heavy atom. The van der Waals surface area contributed by atoms with Gasteiger partial charge in [-0.05, 0) is 43.0 Å². The van der Waals surface area contributed by atoms with Crippen molar-refractivity contribution in [3.8, 4) is 0 Å². The minimum absolute atomic E-state index is 0.0843. The van der Waals surface area contributed by atoms with Crippen molar-refractivity contribution in [1.29, 1.82) is 0 Å². The number of fused-ring (bicyclic) bond motifs is 1. The molecule has 3 nitrogen and oxygen atoms in total. The first kappa shape index (κ1) is 14.1. The number of nitrogens with one attached hydrogen (secondary N) is 2. The Bertz CT molecular complexity index is 436. The summed E-state index contributed by atoms with van der Waals surface area (Å²) in [6.07, 6.45) is 4.27. The SMILES string of the molecule is CCCC(NCC)c1ccc2c(c1)C(=O)NCCC2. The van der Waals surface area contributed by atoms with Gasteiger partial charge in [0.25, 0.3) is 5.91 Å². The summed E-state index contributed by atoms with van der Waals surface area (Å²) in [5.41, 5.74) is 3.29. The van der Waals surface area contributed by atoms with Crippen LogP contribution in [0.25, 0.3) is 0 Å². The van der Waals surface area contributed by atoms with Crippen LogP contribution in [0.2, 0.25) is 0 Å². The second-order valence-corrected chi connectivity index (χ2v) is 5.17. The summed E-state index contributed by atoms with van der Waals surface area (Å²) in [5.74, 6) is 0.0843. The lowest BCUT2D eigenvalue weighted by molar-refractivity contribution is 0.0956. The van der Waals surface area contributed by atoms with Gasteiger partial charge < -0.3 is 10.6 Å². The molecule has 1 atom stereocenters. The van der Waals surface area contributed by atoms with Crippen molar-refractivity contribution in [2.45, 2.75) is 45.6 Å². The quantitative estimate of drug-likeness (QED) is 0.854. The van der Waals surface area contributed by atoms with E-state index in [0.29, 0.717) is 6.04 Å². The minimum Gasteiger partial charge on any atom is -0.352 e. The Morgan fingerprint density at radius 2 is 2.21 bits per heavy atom. The number of carbonyl (C=O) groups is 1. The van der Waals surface area contributed by atoms with Crippen LogP contribution in [0.1, 0.15) is 60.6 Å². The van der Waals surface area contributed by atoms with Gasteiger partial charge in [0.2, 0.25) is 0 Å². The zero-order valence-electron chi connectivity index (χ0n) is 12.0. The number of benzene rings is 1. The summed E-state index contributed by atoms with van der Waals surface area (Å²) in [5, 5.41) is 6.48. The molecule has 1 aromatic rings. The molecule has 2 N–H and O–H groups in total. The van der Waals surface area contributed by atoms with E-state index in [1.807, 2.05) is 0 Å². The van der Waals surface area contributed by atoms with Crippen molar-refractivity contribution in [2.75, 3.05) is 13.1 Å². The van der Waals surface area contributed by atoms with Crippen LogP contribution in [0.4, 0.5) is 0 Å². The molecule has 0 fully saturated rings. The maximum atomic E-state index is 12.1. The molecule has 1 unspecified atom stereocenters. The highest BCUT2D eigenvalue weighted by Gasteiger charge is 2.17. The number of hydrogen-bond donors (Lipinski definition) is 2. The van der Waals surface area contributed by atoms with Crippen LogP contribution in [0.3, 0.4) is 0 Å². The molecule has 19 heavy (non-hydrogen) atoms. The largest absolute Gasteiger partial charge is 0.352 e. The monoisotopic (exact) mass is 260 g/mol. The number of amides is 1. The van der Waals surface area contributed by atoms with Gasteiger partial charge in [-0.25, -0.2) is 0 Å². The number of rotatable bonds is 5. The summed E-state index contributed by atoms with van der Waals surface area (Å²) >= 11 is 0. The Hall–Kier alpha value is -1.35. The molecule has 0 bridgehead atoms. The molecule has 0 saturated carbocycles. The Balaban J connectivity index is 2.29. The molecule has 1 aromatic carbocycles. The Labute approximate surface area is 115 Å². The molecular formula is C16H24N2O. The highest BCUT2D eigenvalue weighted by atomic mass is 16.1. The van der Waals surface area contributed by atoms with Gasteiger partial charge >= 0.3 is 0 Å². The number of hydrogen-bond acceptors (Lipinski definition) is 2. The summed E-state index contributed by atoms with van der Waals surface area (Å²) in [4.78, 5) is 12.1. The van der Waals surface area contributed by atoms with Crippen molar-refractivity contribution >= 4 is 5.91 Å². The summed E-state index contributed by atoms with van der Waals surface area (Å²) < 4.78 is 0. The van der Waals surface area contributed by atoms with Gasteiger partial charge in [-0.2, -0.15) is 0 Å². The van der Waals surface area contributed by atoms with E-state index in [1.54, 1.807) is 0 Å². The molecule has 1 amide bonds. The van der Waals surface area contributed by atoms with Gasteiger partial charge in [-0.1, -0.05) is 32.4 Å². The zero-order valence-corrected chi connectivity index (χ0v) is 12.0. The smallest absolute Gasteiger partial charge is 0.251 e. The second-order valence-electron chi connectivity index (χ2n) is 5.17. The molecule has 104 valence electrons. The molecule has 0 aliphatic carbocycles. The number of aryl methyl sites for hydroxylation is 1. The van der Waals surface area contributed by atoms with Gasteiger partial charge in [0, 0.05) is 18.2 Å². The van der Waals surface area contributed by atoms with E-state index in [1.165, 1.54) is 11.1 Å². The molecule has 0 saturated heterocycles. The Morgan fingerprint density at radius 1 is 1.37 bits per heavy atom. The van der Waals surface area contributed by atoms with E-state index in [-0.39, 0.29) is 5.91 Å². The topological polar surface area (TPSA) is 41.1 Å². The first-order valence-electron chi connectivity index (χ1n) is 7.40. The standard InChI is InChI=1S/C16H24N2O/c1-3-6-15(17-4-2)13-9-8-12-7-5-10-18-16(19)14(12)11-13/h8-9,11,15,17H,3-7,10H2,1-2H3,(H,18,19). The van der Waals surface area contributed by atoms with Crippen LogP contribution >= 0.6 is 0 Å². The first-order valence-corrected chi connectivity index (χ1v) is 7.40. The van der Waals surface area contributed by atoms with Crippen molar-refractivity contribution < 1.29 is 4.79 Å². The third kappa shape index (κ3) is 3.35. The third-order valence-corrected chi connectivity index (χ3v) is 3.72. The van der Waals surface area contributed by atoms with Crippen LogP contribution < -0.4 is 10.6 Å². The van der Waals surface area contributed by atoms with E-state index in [4.69, 9.17) is 0 Å². The predicted molar refractivity (Wildman–Crippen MR) is 78.4 cm³/mol. The molecule has 0 radical (unpaired) electrons. The van der Waals surface area contributed by atoms with Gasteiger partial charge in [0.15, 0.2) is 0 Å². The molecular weight excluding hydrogens is 236 g/mol. The normalized spacial score (nSPS) is 16.4. The van der Waals surface area contributed by atoms with Crippen LogP contribution in [0.5, 0.6) is 0 Å². The van der Waals surface area contributed by atoms with E-state index >= 15 is 0 Å². The van der Waals surface area contributed by atoms with Gasteiger partial charge in [0.05, 0.1) is 0 Å². The summed E-state index contributed by atoms with van der Waals surface area (Å²) in [7, 11) is 0. The fraction of sp³-hybridized carbons (Fsp3) is 0.562. The first-order chi connectivity index (χ1) is 9.26. The molecule has 1 heterocycles. The van der Waals surface area contributed by atoms with Crippen LogP contribution in [0, 0.1) is 0 Å². The van der Waals surface area contributed by atoms with Crippen LogP contribution in [-0.2, 0) is 6.42 Å². The molecule has 3 heteroatoms. The highest BCUT2D eigenvalue weighted by Crippen LogP contribution is 2.23. The lowest BCUT2D eigenvalue weighted by Crippen LogP contribution is -2.24. The Kier molecular flexibility index (Phi) is 4.97. The summed E-state index contributed by atoms with van der Waals surface area (Å²) in [6.45, 7) is 6.06. The van der Waals surface area contributed by atoms with Crippen LogP contribution in [0.15, 0.2) is 18.2 Å². The molecule has 2 rings (SSSR count). The minimum atomic E-state index is 0.0843. The zero-order chi connectivity index (χ0) is 13.7. The van der Waals surface area contributed by atoms with Crippen molar-refractivity contribution in [3.05, 3.63) is 34.9 Å². The molecule has 0 spiro atoms. The fourth-order valence-corrected chi connectivity index (χ4v) is 2.74. The van der Waals surface area contributed by atoms with Crippen molar-refractivity contribution in [3.63, 3.8) is 0 Å². The average molecular weight is 260 g/mol. The van der Waals surface area contributed by atoms with Gasteiger partial charge in [0.1, 0.15) is 0 Å². The second kappa shape index (κ2) is 6.71. The van der Waals surface area contributed by atoms with Crippen molar-refractivity contribution in [2.24, 2.45) is 0 Å². The summed E-state index contributed by atoms with van der Waals surface area (Å²) in [6, 6.07) is 6.76.